The van der Waals surface area contributed by atoms with Crippen LogP contribution in [0.1, 0.15) is 32.1 Å². The molecule has 0 spiro atoms. The topological polar surface area (TPSA) is 29.3 Å². The number of hydrogen-bond acceptors (Lipinski definition) is 2. The molecule has 0 amide bonds. The third-order valence-corrected chi connectivity index (χ3v) is 3.80. The summed E-state index contributed by atoms with van der Waals surface area (Å²) >= 11 is 0. The monoisotopic (exact) mass is 182 g/mol. The standard InChI is InChI=1S/C11H22N2/c12-6-1-3-10-5-8-13-7-2-4-11(10)9-13/h10-11H,1-9,12H2. The van der Waals surface area contributed by atoms with Crippen LogP contribution in [-0.4, -0.2) is 31.1 Å². The Kier molecular flexibility index (Phi) is 3.23. The summed E-state index contributed by atoms with van der Waals surface area (Å²) < 4.78 is 0. The number of nitrogens with two attached hydrogens (primary N) is 1. The number of nitrogens with zero attached hydrogens (tertiary/aromatic N) is 1. The number of hydrogen-bond donors (Lipinski definition) is 1. The first-order chi connectivity index (χ1) is 6.40. The maximum absolute atomic E-state index is 5.56. The van der Waals surface area contributed by atoms with E-state index in [1.54, 1.807) is 0 Å². The quantitative estimate of drug-likeness (QED) is 0.716. The van der Waals surface area contributed by atoms with Crippen molar-refractivity contribution in [2.24, 2.45) is 17.6 Å². The summed E-state index contributed by atoms with van der Waals surface area (Å²) in [7, 11) is 0. The molecular formula is C11H22N2. The Hall–Kier alpha value is -0.0800. The van der Waals surface area contributed by atoms with Gasteiger partial charge in [0.05, 0.1) is 0 Å². The molecule has 2 aliphatic heterocycles. The lowest BCUT2D eigenvalue weighted by Crippen LogP contribution is -2.44. The molecule has 2 heteroatoms. The van der Waals surface area contributed by atoms with Crippen LogP contribution in [0.25, 0.3) is 0 Å². The SMILES string of the molecule is NCCCC1CCN2CCCC1C2. The molecule has 0 saturated carbocycles. The van der Waals surface area contributed by atoms with Crippen LogP contribution in [0.3, 0.4) is 0 Å². The van der Waals surface area contributed by atoms with Crippen LogP contribution in [0.4, 0.5) is 0 Å². The Balaban J connectivity index is 1.83. The van der Waals surface area contributed by atoms with Gasteiger partial charge < -0.3 is 10.6 Å². The van der Waals surface area contributed by atoms with E-state index in [-0.39, 0.29) is 0 Å². The van der Waals surface area contributed by atoms with Crippen molar-refractivity contribution in [1.82, 2.24) is 4.90 Å². The fraction of sp³-hybridized carbons (Fsp3) is 1.00. The van der Waals surface area contributed by atoms with E-state index in [1.165, 1.54) is 51.7 Å². The lowest BCUT2D eigenvalue weighted by atomic mass is 9.78. The number of piperidine rings is 2. The Bertz CT molecular complexity index is 156. The van der Waals surface area contributed by atoms with Gasteiger partial charge in [0.15, 0.2) is 0 Å². The molecule has 3 unspecified atom stereocenters. The van der Waals surface area contributed by atoms with E-state index in [1.807, 2.05) is 0 Å². The van der Waals surface area contributed by atoms with Gasteiger partial charge in [-0.05, 0) is 63.6 Å². The fourth-order valence-corrected chi connectivity index (χ4v) is 3.02. The second-order valence-electron chi connectivity index (χ2n) is 4.68. The van der Waals surface area contributed by atoms with Crippen molar-refractivity contribution in [1.29, 1.82) is 0 Å². The van der Waals surface area contributed by atoms with Gasteiger partial charge in [0, 0.05) is 6.54 Å². The van der Waals surface area contributed by atoms with Crippen LogP contribution >= 0.6 is 0 Å². The molecule has 2 N–H and O–H groups in total. The van der Waals surface area contributed by atoms with Crippen molar-refractivity contribution < 1.29 is 0 Å². The molecule has 2 nitrogen and oxygen atoms in total. The minimum atomic E-state index is 0.882. The summed E-state index contributed by atoms with van der Waals surface area (Å²) in [5.74, 6) is 2.01. The molecule has 0 aliphatic carbocycles. The average molecular weight is 182 g/mol. The molecule has 2 bridgehead atoms. The summed E-state index contributed by atoms with van der Waals surface area (Å²) in [5.41, 5.74) is 5.56. The molecule has 0 aromatic rings. The highest BCUT2D eigenvalue weighted by atomic mass is 15.1. The highest BCUT2D eigenvalue weighted by Crippen LogP contribution is 2.33. The molecule has 2 heterocycles. The van der Waals surface area contributed by atoms with Gasteiger partial charge in [-0.15, -0.1) is 0 Å². The first-order valence-corrected chi connectivity index (χ1v) is 5.82. The minimum Gasteiger partial charge on any atom is -0.330 e. The van der Waals surface area contributed by atoms with E-state index in [0.717, 1.165) is 18.4 Å². The van der Waals surface area contributed by atoms with Gasteiger partial charge in [-0.2, -0.15) is 0 Å². The van der Waals surface area contributed by atoms with Gasteiger partial charge in [0.25, 0.3) is 0 Å². The Morgan fingerprint density at radius 3 is 3.00 bits per heavy atom. The Morgan fingerprint density at radius 1 is 1.23 bits per heavy atom. The third kappa shape index (κ3) is 2.23. The molecular weight excluding hydrogens is 160 g/mol. The van der Waals surface area contributed by atoms with E-state index < -0.39 is 0 Å². The van der Waals surface area contributed by atoms with Gasteiger partial charge in [-0.25, -0.2) is 0 Å². The maximum atomic E-state index is 5.56. The molecule has 2 fully saturated rings. The minimum absolute atomic E-state index is 0.882. The summed E-state index contributed by atoms with van der Waals surface area (Å²) in [6.07, 6.45) is 6.97. The van der Waals surface area contributed by atoms with Crippen LogP contribution in [0, 0.1) is 11.8 Å². The molecule has 2 rings (SSSR count). The van der Waals surface area contributed by atoms with Gasteiger partial charge in [-0.3, -0.25) is 0 Å². The van der Waals surface area contributed by atoms with Crippen molar-refractivity contribution in [2.75, 3.05) is 26.2 Å². The number of rotatable bonds is 3. The van der Waals surface area contributed by atoms with Crippen LogP contribution in [0.2, 0.25) is 0 Å². The molecule has 3 atom stereocenters. The zero-order valence-electron chi connectivity index (χ0n) is 8.54. The molecule has 0 aromatic carbocycles. The first-order valence-electron chi connectivity index (χ1n) is 5.82. The molecule has 0 aromatic heterocycles. The van der Waals surface area contributed by atoms with E-state index >= 15 is 0 Å². The smallest absolute Gasteiger partial charge is 0.00123 e. The Labute approximate surface area is 81.5 Å². The van der Waals surface area contributed by atoms with E-state index in [0.29, 0.717) is 0 Å². The highest BCUT2D eigenvalue weighted by Gasteiger charge is 2.31. The number of fused-ring (bicyclic) bond motifs is 2. The van der Waals surface area contributed by atoms with Gasteiger partial charge in [0.2, 0.25) is 0 Å². The molecule has 2 saturated heterocycles. The van der Waals surface area contributed by atoms with Crippen molar-refractivity contribution in [3.63, 3.8) is 0 Å². The maximum Gasteiger partial charge on any atom is 0.00123 e. The van der Waals surface area contributed by atoms with Gasteiger partial charge in [-0.1, -0.05) is 0 Å². The van der Waals surface area contributed by atoms with Crippen molar-refractivity contribution in [2.45, 2.75) is 32.1 Å². The highest BCUT2D eigenvalue weighted by molar-refractivity contribution is 4.84. The van der Waals surface area contributed by atoms with Crippen LogP contribution < -0.4 is 5.73 Å². The van der Waals surface area contributed by atoms with E-state index in [9.17, 15) is 0 Å². The molecule has 76 valence electrons. The predicted molar refractivity (Wildman–Crippen MR) is 55.6 cm³/mol. The lowest BCUT2D eigenvalue weighted by Gasteiger charge is -2.42. The first kappa shape index (κ1) is 9.47. The van der Waals surface area contributed by atoms with Gasteiger partial charge >= 0.3 is 0 Å². The summed E-state index contributed by atoms with van der Waals surface area (Å²) in [5, 5.41) is 0. The van der Waals surface area contributed by atoms with Crippen molar-refractivity contribution >= 4 is 0 Å². The second-order valence-corrected chi connectivity index (χ2v) is 4.68. The van der Waals surface area contributed by atoms with Crippen molar-refractivity contribution in [3.05, 3.63) is 0 Å². The second kappa shape index (κ2) is 4.43. The average Bonchev–Trinajstić information content (AvgIpc) is 2.18. The zero-order valence-corrected chi connectivity index (χ0v) is 8.54. The van der Waals surface area contributed by atoms with E-state index in [4.69, 9.17) is 5.73 Å². The zero-order chi connectivity index (χ0) is 9.10. The summed E-state index contributed by atoms with van der Waals surface area (Å²) in [6, 6.07) is 0. The summed E-state index contributed by atoms with van der Waals surface area (Å²) in [4.78, 5) is 2.65. The molecule has 13 heavy (non-hydrogen) atoms. The predicted octanol–water partition coefficient (Wildman–Crippen LogP) is 1.46. The largest absolute Gasteiger partial charge is 0.330 e. The van der Waals surface area contributed by atoms with Crippen molar-refractivity contribution in [3.8, 4) is 0 Å². The van der Waals surface area contributed by atoms with Gasteiger partial charge in [0.1, 0.15) is 0 Å². The molecule has 0 radical (unpaired) electrons. The lowest BCUT2D eigenvalue weighted by molar-refractivity contribution is 0.0693. The van der Waals surface area contributed by atoms with Crippen LogP contribution in [0.5, 0.6) is 0 Å². The van der Waals surface area contributed by atoms with Crippen LogP contribution in [0.15, 0.2) is 0 Å². The third-order valence-electron chi connectivity index (χ3n) is 3.80. The fourth-order valence-electron chi connectivity index (χ4n) is 3.02. The normalized spacial score (nSPS) is 39.0. The Morgan fingerprint density at radius 2 is 2.15 bits per heavy atom. The van der Waals surface area contributed by atoms with Crippen LogP contribution in [-0.2, 0) is 0 Å². The summed E-state index contributed by atoms with van der Waals surface area (Å²) in [6.45, 7) is 4.98. The molecule has 2 aliphatic rings. The van der Waals surface area contributed by atoms with E-state index in [2.05, 4.69) is 4.90 Å².